The Balaban J connectivity index is 2.11. The average Bonchev–Trinajstić information content (AvgIpc) is 2.76. The van der Waals surface area contributed by atoms with E-state index in [2.05, 4.69) is 5.32 Å². The average molecular weight is 352 g/mol. The number of rotatable bonds is 4. The minimum atomic E-state index is -0.584. The van der Waals surface area contributed by atoms with Gasteiger partial charge in [-0.3, -0.25) is 24.4 Å². The molecule has 0 spiro atoms. The van der Waals surface area contributed by atoms with Crippen LogP contribution in [0.2, 0.25) is 0 Å². The molecule has 3 aromatic rings. The van der Waals surface area contributed by atoms with Crippen molar-refractivity contribution in [3.05, 3.63) is 91.0 Å². The Kier molecular flexibility index (Phi) is 4.40. The minimum absolute atomic E-state index is 0.0871. The molecule has 2 aromatic carbocycles. The molecule has 0 aliphatic rings. The van der Waals surface area contributed by atoms with Gasteiger partial charge in [0.15, 0.2) is 0 Å². The normalized spacial score (nSPS) is 10.5. The summed E-state index contributed by atoms with van der Waals surface area (Å²) >= 11 is 0. The van der Waals surface area contributed by atoms with Crippen LogP contribution in [0.25, 0.3) is 5.69 Å². The highest BCUT2D eigenvalue weighted by molar-refractivity contribution is 5.62. The maximum Gasteiger partial charge on any atom is 0.295 e. The highest BCUT2D eigenvalue weighted by Crippen LogP contribution is 2.18. The number of para-hydroxylation sites is 1. The fourth-order valence-electron chi connectivity index (χ4n) is 2.63. The van der Waals surface area contributed by atoms with E-state index < -0.39 is 10.4 Å². The van der Waals surface area contributed by atoms with E-state index in [-0.39, 0.29) is 22.6 Å². The van der Waals surface area contributed by atoms with Gasteiger partial charge in [-0.05, 0) is 31.2 Å². The molecule has 0 unspecified atom stereocenters. The quantitative estimate of drug-likeness (QED) is 0.574. The number of nitro groups is 1. The monoisotopic (exact) mass is 352 g/mol. The van der Waals surface area contributed by atoms with Gasteiger partial charge >= 0.3 is 0 Å². The molecule has 0 radical (unpaired) electrons. The fraction of sp³-hybridized carbons (Fsp3) is 0.111. The van der Waals surface area contributed by atoms with Gasteiger partial charge in [0.1, 0.15) is 5.69 Å². The van der Waals surface area contributed by atoms with Crippen molar-refractivity contribution in [3.63, 3.8) is 0 Å². The van der Waals surface area contributed by atoms with E-state index in [1.807, 2.05) is 18.2 Å². The first-order chi connectivity index (χ1) is 12.4. The maximum absolute atomic E-state index is 12.8. The third kappa shape index (κ3) is 3.00. The second-order valence-corrected chi connectivity index (χ2v) is 5.69. The van der Waals surface area contributed by atoms with Crippen LogP contribution < -0.4 is 16.3 Å². The zero-order valence-corrected chi connectivity index (χ0v) is 14.2. The van der Waals surface area contributed by atoms with Gasteiger partial charge in [-0.2, -0.15) is 0 Å². The summed E-state index contributed by atoms with van der Waals surface area (Å²) < 4.78 is 3.16. The molecule has 132 valence electrons. The van der Waals surface area contributed by atoms with Crippen molar-refractivity contribution in [2.45, 2.75) is 6.92 Å². The van der Waals surface area contributed by atoms with Gasteiger partial charge in [0.05, 0.1) is 22.0 Å². The van der Waals surface area contributed by atoms with Gasteiger partial charge in [0.2, 0.25) is 5.43 Å². The molecular weight excluding hydrogens is 336 g/mol. The van der Waals surface area contributed by atoms with Crippen molar-refractivity contribution < 1.29 is 4.92 Å². The highest BCUT2D eigenvalue weighted by Gasteiger charge is 2.17. The molecule has 1 N–H and O–H groups in total. The lowest BCUT2D eigenvalue weighted by Crippen LogP contribution is -2.20. The van der Waals surface area contributed by atoms with Crippen LogP contribution in [-0.2, 0) is 7.05 Å². The SMILES string of the molecule is Cc1c(Nc2ccc([N+](=O)[O-])ccc2=O)c(=O)n(-c2ccccc2)n1C. The zero-order chi connectivity index (χ0) is 18.8. The van der Waals surface area contributed by atoms with Gasteiger partial charge in [-0.25, -0.2) is 4.68 Å². The molecule has 0 saturated carbocycles. The van der Waals surface area contributed by atoms with Gasteiger partial charge in [-0.15, -0.1) is 0 Å². The molecule has 0 amide bonds. The fourth-order valence-corrected chi connectivity index (χ4v) is 2.63. The van der Waals surface area contributed by atoms with Crippen molar-refractivity contribution in [2.24, 2.45) is 7.05 Å². The molecule has 0 bridgehead atoms. The van der Waals surface area contributed by atoms with E-state index in [4.69, 9.17) is 0 Å². The Bertz CT molecular complexity index is 1100. The van der Waals surface area contributed by atoms with Crippen LogP contribution in [0.15, 0.2) is 64.2 Å². The first-order valence-electron chi connectivity index (χ1n) is 7.80. The lowest BCUT2D eigenvalue weighted by Gasteiger charge is -2.07. The Morgan fingerprint density at radius 3 is 2.31 bits per heavy atom. The van der Waals surface area contributed by atoms with Crippen LogP contribution in [-0.4, -0.2) is 14.3 Å². The van der Waals surface area contributed by atoms with Crippen molar-refractivity contribution in [1.82, 2.24) is 9.36 Å². The molecule has 1 heterocycles. The molecule has 3 rings (SSSR count). The summed E-state index contributed by atoms with van der Waals surface area (Å²) in [7, 11) is 1.74. The van der Waals surface area contributed by atoms with E-state index in [9.17, 15) is 19.7 Å². The summed E-state index contributed by atoms with van der Waals surface area (Å²) in [5.41, 5.74) is 0.656. The van der Waals surface area contributed by atoms with Crippen molar-refractivity contribution in [1.29, 1.82) is 0 Å². The first-order valence-corrected chi connectivity index (χ1v) is 7.80. The second kappa shape index (κ2) is 6.67. The molecule has 0 saturated heterocycles. The molecule has 26 heavy (non-hydrogen) atoms. The summed E-state index contributed by atoms with van der Waals surface area (Å²) in [5, 5.41) is 13.7. The van der Waals surface area contributed by atoms with Gasteiger partial charge < -0.3 is 5.32 Å². The van der Waals surface area contributed by atoms with Gasteiger partial charge in [0, 0.05) is 19.2 Å². The third-order valence-corrected chi connectivity index (χ3v) is 4.12. The molecule has 8 nitrogen and oxygen atoms in total. The Morgan fingerprint density at radius 1 is 1.00 bits per heavy atom. The van der Waals surface area contributed by atoms with Crippen LogP contribution in [0.3, 0.4) is 0 Å². The van der Waals surface area contributed by atoms with Crippen LogP contribution in [0, 0.1) is 17.0 Å². The van der Waals surface area contributed by atoms with Crippen LogP contribution in [0.5, 0.6) is 0 Å². The number of anilines is 2. The van der Waals surface area contributed by atoms with Crippen LogP contribution in [0.1, 0.15) is 5.69 Å². The van der Waals surface area contributed by atoms with E-state index in [1.54, 1.807) is 30.8 Å². The summed E-state index contributed by atoms with van der Waals surface area (Å²) in [5.74, 6) is 0. The Morgan fingerprint density at radius 2 is 1.65 bits per heavy atom. The molecule has 0 fully saturated rings. The topological polar surface area (TPSA) is 99.2 Å². The number of hydrogen-bond acceptors (Lipinski definition) is 5. The van der Waals surface area contributed by atoms with Crippen molar-refractivity contribution >= 4 is 17.1 Å². The van der Waals surface area contributed by atoms with E-state index >= 15 is 0 Å². The molecule has 0 aliphatic carbocycles. The molecular formula is C18H16N4O4. The predicted molar refractivity (Wildman–Crippen MR) is 98.4 cm³/mol. The predicted octanol–water partition coefficient (Wildman–Crippen LogP) is 2.50. The van der Waals surface area contributed by atoms with Gasteiger partial charge in [0.25, 0.3) is 11.2 Å². The largest absolute Gasteiger partial charge is 0.346 e. The van der Waals surface area contributed by atoms with Crippen molar-refractivity contribution in [3.8, 4) is 5.69 Å². The molecule has 0 atom stereocenters. The van der Waals surface area contributed by atoms with E-state index in [0.717, 1.165) is 12.1 Å². The molecule has 8 heteroatoms. The van der Waals surface area contributed by atoms with Crippen molar-refractivity contribution in [2.75, 3.05) is 5.32 Å². The van der Waals surface area contributed by atoms with E-state index in [0.29, 0.717) is 11.4 Å². The van der Waals surface area contributed by atoms with Gasteiger partial charge in [-0.1, -0.05) is 18.2 Å². The lowest BCUT2D eigenvalue weighted by atomic mass is 10.3. The van der Waals surface area contributed by atoms with Crippen LogP contribution >= 0.6 is 0 Å². The number of benzene rings is 1. The third-order valence-electron chi connectivity index (χ3n) is 4.12. The smallest absolute Gasteiger partial charge is 0.295 e. The van der Waals surface area contributed by atoms with Crippen LogP contribution in [0.4, 0.5) is 17.1 Å². The number of aromatic nitrogens is 2. The molecule has 1 aromatic heterocycles. The lowest BCUT2D eigenvalue weighted by molar-refractivity contribution is -0.384. The molecule has 0 aliphatic heterocycles. The number of nitrogens with zero attached hydrogens (tertiary/aromatic N) is 3. The van der Waals surface area contributed by atoms with E-state index in [1.165, 1.54) is 16.8 Å². The number of hydrogen-bond donors (Lipinski definition) is 1. The Labute approximate surface area is 148 Å². The summed E-state index contributed by atoms with van der Waals surface area (Å²) in [4.78, 5) is 35.3. The standard InChI is InChI=1S/C18H16N4O4/c1-12-17(18(24)21(20(12)2)13-6-4-3-5-7-13)19-15-10-8-14(22(25)26)9-11-16(15)23/h3-11H,1-2H3,(H,19,23). The minimum Gasteiger partial charge on any atom is -0.346 e. The Hall–Kier alpha value is -3.68. The highest BCUT2D eigenvalue weighted by atomic mass is 16.6. The first kappa shape index (κ1) is 17.2. The summed E-state index contributed by atoms with van der Waals surface area (Å²) in [6.07, 6.45) is 0. The number of nitrogens with one attached hydrogen (secondary N) is 1. The maximum atomic E-state index is 12.8. The second-order valence-electron chi connectivity index (χ2n) is 5.69. The summed E-state index contributed by atoms with van der Waals surface area (Å²) in [6, 6.07) is 13.9. The summed E-state index contributed by atoms with van der Waals surface area (Å²) in [6.45, 7) is 1.75. The zero-order valence-electron chi connectivity index (χ0n) is 14.2.